The van der Waals surface area contributed by atoms with Gasteiger partial charge in [-0.15, -0.1) is 0 Å². The second-order valence-electron chi connectivity index (χ2n) is 4.93. The van der Waals surface area contributed by atoms with Gasteiger partial charge >= 0.3 is 0 Å². The summed E-state index contributed by atoms with van der Waals surface area (Å²) in [5, 5.41) is 4.13. The van der Waals surface area contributed by atoms with Gasteiger partial charge in [0, 0.05) is 5.69 Å². The van der Waals surface area contributed by atoms with Crippen molar-refractivity contribution < 1.29 is 4.79 Å². The Morgan fingerprint density at radius 3 is 2.74 bits per heavy atom. The second-order valence-corrected chi connectivity index (χ2v) is 5.71. The molecule has 0 amide bonds. The minimum Gasteiger partial charge on any atom is -0.345 e. The van der Waals surface area contributed by atoms with Crippen molar-refractivity contribution >= 4 is 28.0 Å². The largest absolute Gasteiger partial charge is 0.345 e. The molecule has 2 aromatic rings. The number of ketones is 1. The molecule has 0 bridgehead atoms. The first-order valence-corrected chi connectivity index (χ1v) is 7.10. The molecule has 19 heavy (non-hydrogen) atoms. The minimum absolute atomic E-state index is 0.0498. The Balaban J connectivity index is 2.31. The lowest BCUT2D eigenvalue weighted by Gasteiger charge is -2.09. The maximum absolute atomic E-state index is 11.6. The zero-order valence-corrected chi connectivity index (χ0v) is 12.5. The number of aromatic nitrogens is 1. The summed E-state index contributed by atoms with van der Waals surface area (Å²) in [5.74, 6) is 0.533. The Morgan fingerprint density at radius 2 is 2.11 bits per heavy atom. The average molecular weight is 274 g/mol. The predicted molar refractivity (Wildman–Crippen MR) is 80.7 cm³/mol. The summed E-state index contributed by atoms with van der Waals surface area (Å²) < 4.78 is 4.25. The molecule has 0 spiro atoms. The van der Waals surface area contributed by atoms with Crippen LogP contribution in [0.25, 0.3) is 0 Å². The van der Waals surface area contributed by atoms with Crippen molar-refractivity contribution in [2.24, 2.45) is 0 Å². The Hall–Kier alpha value is -1.68. The van der Waals surface area contributed by atoms with Crippen LogP contribution in [0.4, 0.5) is 10.7 Å². The molecule has 3 nitrogen and oxygen atoms in total. The van der Waals surface area contributed by atoms with E-state index in [4.69, 9.17) is 0 Å². The van der Waals surface area contributed by atoms with Gasteiger partial charge in [0.05, 0.1) is 11.3 Å². The van der Waals surface area contributed by atoms with Crippen LogP contribution in [0.5, 0.6) is 0 Å². The monoisotopic (exact) mass is 274 g/mol. The summed E-state index contributed by atoms with van der Waals surface area (Å²) in [6.07, 6.45) is 0. The summed E-state index contributed by atoms with van der Waals surface area (Å²) >= 11 is 1.33. The van der Waals surface area contributed by atoms with E-state index in [1.165, 1.54) is 17.1 Å². The van der Waals surface area contributed by atoms with Gasteiger partial charge in [0.1, 0.15) is 5.00 Å². The highest BCUT2D eigenvalue weighted by Crippen LogP contribution is 2.29. The first-order valence-electron chi connectivity index (χ1n) is 6.33. The molecule has 0 aliphatic heterocycles. The second kappa shape index (κ2) is 5.53. The van der Waals surface area contributed by atoms with E-state index >= 15 is 0 Å². The van der Waals surface area contributed by atoms with Crippen molar-refractivity contribution in [3.63, 3.8) is 0 Å². The van der Waals surface area contributed by atoms with Crippen molar-refractivity contribution in [2.75, 3.05) is 5.32 Å². The standard InChI is InChI=1S/C15H18N2OS/c1-9(2)12-6-5-7-13(8-12)16-15-14(11(4)18)10(3)17-19-15/h5-9,16H,1-4H3. The molecule has 1 aromatic carbocycles. The Bertz CT molecular complexity index is 602. The van der Waals surface area contributed by atoms with Crippen LogP contribution in [0.3, 0.4) is 0 Å². The van der Waals surface area contributed by atoms with Crippen molar-refractivity contribution in [1.82, 2.24) is 4.37 Å². The third-order valence-electron chi connectivity index (χ3n) is 3.03. The summed E-state index contributed by atoms with van der Waals surface area (Å²) in [6, 6.07) is 8.26. The molecule has 0 fully saturated rings. The van der Waals surface area contributed by atoms with Gasteiger partial charge in [0.25, 0.3) is 0 Å². The lowest BCUT2D eigenvalue weighted by molar-refractivity contribution is 0.101. The third-order valence-corrected chi connectivity index (χ3v) is 3.88. The highest BCUT2D eigenvalue weighted by Gasteiger charge is 2.15. The molecule has 0 radical (unpaired) electrons. The van der Waals surface area contributed by atoms with E-state index < -0.39 is 0 Å². The van der Waals surface area contributed by atoms with Crippen LogP contribution < -0.4 is 5.32 Å². The van der Waals surface area contributed by atoms with Crippen LogP contribution in [0.15, 0.2) is 24.3 Å². The molecular weight excluding hydrogens is 256 g/mol. The molecule has 0 aliphatic carbocycles. The first-order chi connectivity index (χ1) is 8.99. The molecule has 100 valence electrons. The predicted octanol–water partition coefficient (Wildman–Crippen LogP) is 4.52. The highest BCUT2D eigenvalue weighted by atomic mass is 32.1. The number of benzene rings is 1. The Labute approximate surface area is 117 Å². The fourth-order valence-corrected chi connectivity index (χ4v) is 2.84. The molecule has 1 heterocycles. The van der Waals surface area contributed by atoms with Crippen LogP contribution in [-0.4, -0.2) is 10.2 Å². The number of hydrogen-bond donors (Lipinski definition) is 1. The van der Waals surface area contributed by atoms with E-state index in [0.717, 1.165) is 16.4 Å². The van der Waals surface area contributed by atoms with E-state index in [1.54, 1.807) is 6.92 Å². The zero-order chi connectivity index (χ0) is 14.0. The Kier molecular flexibility index (Phi) is 4.00. The molecule has 2 rings (SSSR count). The van der Waals surface area contributed by atoms with Crippen molar-refractivity contribution in [2.45, 2.75) is 33.6 Å². The maximum Gasteiger partial charge on any atom is 0.164 e. The number of anilines is 2. The molecule has 4 heteroatoms. The van der Waals surface area contributed by atoms with Crippen molar-refractivity contribution in [3.8, 4) is 0 Å². The van der Waals surface area contributed by atoms with Crippen LogP contribution in [0.2, 0.25) is 0 Å². The van der Waals surface area contributed by atoms with E-state index in [2.05, 4.69) is 35.7 Å². The maximum atomic E-state index is 11.6. The molecule has 0 atom stereocenters. The van der Waals surface area contributed by atoms with Crippen LogP contribution in [-0.2, 0) is 0 Å². The number of Topliss-reactive ketones (excluding diaryl/α,β-unsaturated/α-hetero) is 1. The first kappa shape index (κ1) is 13.7. The van der Waals surface area contributed by atoms with Crippen LogP contribution in [0, 0.1) is 6.92 Å². The highest BCUT2D eigenvalue weighted by molar-refractivity contribution is 7.10. The quantitative estimate of drug-likeness (QED) is 0.833. The van der Waals surface area contributed by atoms with Gasteiger partial charge < -0.3 is 5.32 Å². The number of hydrogen-bond acceptors (Lipinski definition) is 4. The molecule has 0 saturated carbocycles. The van der Waals surface area contributed by atoms with E-state index in [-0.39, 0.29) is 5.78 Å². The summed E-state index contributed by atoms with van der Waals surface area (Å²) in [4.78, 5) is 11.6. The number of rotatable bonds is 4. The summed E-state index contributed by atoms with van der Waals surface area (Å²) in [7, 11) is 0. The average Bonchev–Trinajstić information content (AvgIpc) is 2.70. The number of nitrogens with one attached hydrogen (secondary N) is 1. The number of aryl methyl sites for hydroxylation is 1. The van der Waals surface area contributed by atoms with Crippen molar-refractivity contribution in [1.29, 1.82) is 0 Å². The van der Waals surface area contributed by atoms with Gasteiger partial charge in [-0.05, 0) is 49.0 Å². The van der Waals surface area contributed by atoms with Gasteiger partial charge in [-0.1, -0.05) is 26.0 Å². The lowest BCUT2D eigenvalue weighted by atomic mass is 10.0. The third kappa shape index (κ3) is 3.01. The van der Waals surface area contributed by atoms with Gasteiger partial charge in [-0.3, -0.25) is 4.79 Å². The topological polar surface area (TPSA) is 42.0 Å². The van der Waals surface area contributed by atoms with Gasteiger partial charge in [-0.2, -0.15) is 4.37 Å². The summed E-state index contributed by atoms with van der Waals surface area (Å²) in [6.45, 7) is 7.77. The normalized spacial score (nSPS) is 10.8. The fourth-order valence-electron chi connectivity index (χ4n) is 1.98. The van der Waals surface area contributed by atoms with E-state index in [0.29, 0.717) is 11.5 Å². The number of carbonyl (C=O) groups is 1. The van der Waals surface area contributed by atoms with E-state index in [9.17, 15) is 4.79 Å². The lowest BCUT2D eigenvalue weighted by Crippen LogP contribution is -1.99. The number of carbonyl (C=O) groups excluding carboxylic acids is 1. The zero-order valence-electron chi connectivity index (χ0n) is 11.7. The van der Waals surface area contributed by atoms with Crippen LogP contribution >= 0.6 is 11.5 Å². The number of nitrogens with zero attached hydrogens (tertiary/aromatic N) is 1. The van der Waals surface area contributed by atoms with E-state index in [1.807, 2.05) is 19.1 Å². The minimum atomic E-state index is 0.0498. The van der Waals surface area contributed by atoms with Gasteiger partial charge in [0.2, 0.25) is 0 Å². The molecule has 0 saturated heterocycles. The molecule has 1 aromatic heterocycles. The Morgan fingerprint density at radius 1 is 1.37 bits per heavy atom. The summed E-state index contributed by atoms with van der Waals surface area (Å²) in [5.41, 5.74) is 3.76. The fraction of sp³-hybridized carbons (Fsp3) is 0.333. The molecule has 0 aliphatic rings. The van der Waals surface area contributed by atoms with Crippen LogP contribution in [0.1, 0.15) is 48.3 Å². The van der Waals surface area contributed by atoms with Gasteiger partial charge in [-0.25, -0.2) is 0 Å². The van der Waals surface area contributed by atoms with Crippen molar-refractivity contribution in [3.05, 3.63) is 41.1 Å². The smallest absolute Gasteiger partial charge is 0.164 e. The molecule has 1 N–H and O–H groups in total. The molecular formula is C15H18N2OS. The molecule has 0 unspecified atom stereocenters. The SMILES string of the molecule is CC(=O)c1c(C)nsc1Nc1cccc(C(C)C)c1. The van der Waals surface area contributed by atoms with Gasteiger partial charge in [0.15, 0.2) is 5.78 Å².